The first-order chi connectivity index (χ1) is 16.5. The fraction of sp³-hybridized carbons (Fsp3) is 0.227. The molecule has 6 N–H and O–H groups in total. The summed E-state index contributed by atoms with van der Waals surface area (Å²) in [5, 5.41) is 41.7. The molecule has 3 aliphatic rings. The molecule has 3 heterocycles. The molecule has 0 aromatic heterocycles. The monoisotopic (exact) mass is 487 g/mol. The van der Waals surface area contributed by atoms with Crippen LogP contribution >= 0.6 is 0 Å². The van der Waals surface area contributed by atoms with Gasteiger partial charge < -0.3 is 30.5 Å². The summed E-state index contributed by atoms with van der Waals surface area (Å²) in [4.78, 5) is 42.3. The van der Waals surface area contributed by atoms with E-state index in [9.17, 15) is 23.9 Å². The summed E-state index contributed by atoms with van der Waals surface area (Å²) in [6, 6.07) is 5.61. The minimum atomic E-state index is -3.67. The Kier molecular flexibility index (Phi) is 6.06. The molecular formula is C22H20FN4O8+. The van der Waals surface area contributed by atoms with Crippen LogP contribution in [0.2, 0.25) is 0 Å². The van der Waals surface area contributed by atoms with E-state index in [0.717, 1.165) is 10.8 Å². The number of nitrogens with one attached hydrogen (secondary N) is 2. The highest BCUT2D eigenvalue weighted by Gasteiger charge is 2.52. The smallest absolute Gasteiger partial charge is 0.434 e. The quantitative estimate of drug-likeness (QED) is 0.161. The molecule has 0 bridgehead atoms. The van der Waals surface area contributed by atoms with Crippen LogP contribution in [-0.4, -0.2) is 72.9 Å². The van der Waals surface area contributed by atoms with Crippen molar-refractivity contribution in [3.8, 4) is 0 Å². The normalized spacial score (nSPS) is 19.3. The number of nitrogens with zero attached hydrogens (tertiary/aromatic N) is 2. The van der Waals surface area contributed by atoms with E-state index in [-0.39, 0.29) is 30.1 Å². The minimum Gasteiger partial charge on any atom is -0.504 e. The van der Waals surface area contributed by atoms with E-state index in [1.54, 1.807) is 6.92 Å². The standard InChI is InChI=1S/C22H19FN4O8/c1-2-24-19(29)13-9-27-16-15(17(28)14(21(27)31)20(30)26-22(32,33)34)25-8-11(18(16)35-13)7-10-3-5-12(23)6-4-10/h3-6,8-9,18,32-34H,2,7H2,1H3,(H2-,24,26,28,29,30,31)/p+1. The summed E-state index contributed by atoms with van der Waals surface area (Å²) in [5.41, 5.74) is -0.0538. The molecule has 13 heteroatoms. The van der Waals surface area contributed by atoms with Crippen molar-refractivity contribution < 1.29 is 48.5 Å². The number of hydrogen-bond acceptors (Lipinski definition) is 9. The third kappa shape index (κ3) is 4.59. The Labute approximate surface area is 196 Å². The highest BCUT2D eigenvalue weighted by Crippen LogP contribution is 2.30. The van der Waals surface area contributed by atoms with Gasteiger partial charge in [-0.25, -0.2) is 14.2 Å². The van der Waals surface area contributed by atoms with E-state index < -0.39 is 47.1 Å². The number of likely N-dealkylation sites (N-methyl/N-ethyl adjacent to an activating group) is 1. The number of halogens is 1. The van der Waals surface area contributed by atoms with Crippen LogP contribution in [0.15, 0.2) is 64.3 Å². The second kappa shape index (κ2) is 8.87. The van der Waals surface area contributed by atoms with E-state index in [1.165, 1.54) is 35.8 Å². The molecule has 0 spiro atoms. The fourth-order valence-electron chi connectivity index (χ4n) is 3.74. The number of aliphatic imine (C=N–C) groups is 1. The molecule has 0 saturated carbocycles. The van der Waals surface area contributed by atoms with Gasteiger partial charge in [-0.1, -0.05) is 12.1 Å². The summed E-state index contributed by atoms with van der Waals surface area (Å²) < 4.78 is 20.1. The van der Waals surface area contributed by atoms with Gasteiger partial charge in [0.1, 0.15) is 5.82 Å². The Morgan fingerprint density at radius 1 is 1.20 bits per heavy atom. The van der Waals surface area contributed by atoms with Crippen LogP contribution in [0.5, 0.6) is 0 Å². The molecule has 1 atom stereocenters. The Morgan fingerprint density at radius 3 is 2.51 bits per heavy atom. The highest BCUT2D eigenvalue weighted by atomic mass is 19.1. The Bertz CT molecular complexity index is 1290. The van der Waals surface area contributed by atoms with Gasteiger partial charge in [0.15, 0.2) is 17.0 Å². The lowest BCUT2D eigenvalue weighted by Gasteiger charge is -2.29. The molecule has 3 amide bonds. The van der Waals surface area contributed by atoms with Gasteiger partial charge in [-0.05, 0) is 31.0 Å². The van der Waals surface area contributed by atoms with Gasteiger partial charge >= 0.3 is 12.0 Å². The summed E-state index contributed by atoms with van der Waals surface area (Å²) in [6.45, 7) is 1.92. The predicted molar refractivity (Wildman–Crippen MR) is 115 cm³/mol. The van der Waals surface area contributed by atoms with Crippen molar-refractivity contribution in [2.45, 2.75) is 25.5 Å². The first-order valence-corrected chi connectivity index (χ1v) is 10.3. The van der Waals surface area contributed by atoms with Crippen LogP contribution in [0.1, 0.15) is 12.5 Å². The fourth-order valence-corrected chi connectivity index (χ4v) is 3.74. The number of carbonyl (C=O) groups is 3. The number of aliphatic hydroxyl groups excluding tert-OH is 1. The maximum absolute atomic E-state index is 13.3. The average Bonchev–Trinajstić information content (AvgIpc) is 2.78. The van der Waals surface area contributed by atoms with E-state index >= 15 is 0 Å². The van der Waals surface area contributed by atoms with E-state index in [4.69, 9.17) is 20.1 Å². The highest BCUT2D eigenvalue weighted by molar-refractivity contribution is 6.52. The predicted octanol–water partition coefficient (Wildman–Crippen LogP) is -1.41. The van der Waals surface area contributed by atoms with E-state index in [0.29, 0.717) is 11.1 Å². The second-order valence-corrected chi connectivity index (χ2v) is 7.71. The average molecular weight is 487 g/mol. The molecule has 3 aliphatic heterocycles. The zero-order valence-electron chi connectivity index (χ0n) is 18.1. The molecule has 4 rings (SSSR count). The van der Waals surface area contributed by atoms with Crippen molar-refractivity contribution in [2.24, 2.45) is 4.99 Å². The van der Waals surface area contributed by atoms with Crippen molar-refractivity contribution >= 4 is 29.1 Å². The number of benzene rings is 1. The van der Waals surface area contributed by atoms with E-state index in [1.807, 2.05) is 0 Å². The van der Waals surface area contributed by atoms with Crippen molar-refractivity contribution in [1.82, 2.24) is 10.6 Å². The number of allylic oxidation sites excluding steroid dienone is 1. The lowest BCUT2D eigenvalue weighted by Crippen LogP contribution is -2.54. The zero-order chi connectivity index (χ0) is 25.5. The molecule has 12 nitrogen and oxygen atoms in total. The van der Waals surface area contributed by atoms with Gasteiger partial charge in [-0.2, -0.15) is 0 Å². The van der Waals surface area contributed by atoms with Crippen molar-refractivity contribution in [3.63, 3.8) is 0 Å². The first-order valence-electron chi connectivity index (χ1n) is 10.3. The molecule has 0 radical (unpaired) electrons. The third-order valence-corrected chi connectivity index (χ3v) is 5.22. The van der Waals surface area contributed by atoms with Crippen molar-refractivity contribution in [1.29, 1.82) is 0 Å². The summed E-state index contributed by atoms with van der Waals surface area (Å²) in [5.74, 6) is -4.92. The van der Waals surface area contributed by atoms with Crippen LogP contribution in [0.25, 0.3) is 0 Å². The number of carbonyl (C=O) groups excluding carboxylic acids is 3. The SMILES string of the molecule is CCNC(=O)C1=C[N+]2=C3C(=NC=C(Cc4ccc(F)cc4)C3O1)C(O)=C(C(=O)NC(O)(O)O)C2=O. The number of ether oxygens (including phenoxy) is 1. The van der Waals surface area contributed by atoms with Crippen LogP contribution in [-0.2, 0) is 25.5 Å². The van der Waals surface area contributed by atoms with Gasteiger partial charge in [-0.3, -0.25) is 14.9 Å². The summed E-state index contributed by atoms with van der Waals surface area (Å²) in [6.07, 6.45) is -2.23. The number of rotatable bonds is 6. The lowest BCUT2D eigenvalue weighted by molar-refractivity contribution is -0.385. The molecule has 0 fully saturated rings. The number of amides is 3. The molecule has 182 valence electrons. The third-order valence-electron chi connectivity index (χ3n) is 5.22. The summed E-state index contributed by atoms with van der Waals surface area (Å²) in [7, 11) is 0. The van der Waals surface area contributed by atoms with Crippen LogP contribution < -0.4 is 10.6 Å². The second-order valence-electron chi connectivity index (χ2n) is 7.71. The van der Waals surface area contributed by atoms with E-state index in [2.05, 4.69) is 10.3 Å². The molecule has 1 aromatic rings. The van der Waals surface area contributed by atoms with Gasteiger partial charge in [0, 0.05) is 18.3 Å². The molecular weight excluding hydrogens is 467 g/mol. The minimum absolute atomic E-state index is 0.0139. The van der Waals surface area contributed by atoms with Gasteiger partial charge in [0.2, 0.25) is 12.3 Å². The van der Waals surface area contributed by atoms with Crippen LogP contribution in [0.3, 0.4) is 0 Å². The topological polar surface area (TPSA) is 181 Å². The molecule has 1 aromatic carbocycles. The van der Waals surface area contributed by atoms with Crippen LogP contribution in [0, 0.1) is 5.82 Å². The molecule has 0 saturated heterocycles. The van der Waals surface area contributed by atoms with Gasteiger partial charge in [0.25, 0.3) is 23.3 Å². The molecule has 0 aliphatic carbocycles. The first kappa shape index (κ1) is 23.9. The molecule has 1 unspecified atom stereocenters. The van der Waals surface area contributed by atoms with Crippen LogP contribution in [0.4, 0.5) is 4.39 Å². The van der Waals surface area contributed by atoms with Crippen molar-refractivity contribution in [3.05, 3.63) is 70.7 Å². The zero-order valence-corrected chi connectivity index (χ0v) is 18.1. The lowest BCUT2D eigenvalue weighted by atomic mass is 9.89. The number of hydrogen-bond donors (Lipinski definition) is 6. The molecule has 35 heavy (non-hydrogen) atoms. The number of aliphatic hydroxyl groups is 4. The van der Waals surface area contributed by atoms with Gasteiger partial charge in [-0.15, -0.1) is 4.58 Å². The Hall–Kier alpha value is -4.20. The summed E-state index contributed by atoms with van der Waals surface area (Å²) >= 11 is 0. The Balaban J connectivity index is 1.83. The maximum atomic E-state index is 13.3. The largest absolute Gasteiger partial charge is 0.504 e. The van der Waals surface area contributed by atoms with Gasteiger partial charge in [0.05, 0.1) is 0 Å². The van der Waals surface area contributed by atoms with Crippen molar-refractivity contribution in [2.75, 3.05) is 6.54 Å². The maximum Gasteiger partial charge on any atom is 0.434 e. The Morgan fingerprint density at radius 2 is 1.89 bits per heavy atom.